The Balaban J connectivity index is 1.74. The highest BCUT2D eigenvalue weighted by molar-refractivity contribution is 6.30. The first kappa shape index (κ1) is 12.9. The van der Waals surface area contributed by atoms with Crippen LogP contribution >= 0.6 is 11.6 Å². The largest absolute Gasteiger partial charge is 0.309 e. The number of hydrogen-bond acceptors (Lipinski definition) is 2. The van der Waals surface area contributed by atoms with Crippen LogP contribution < -0.4 is 5.32 Å². The van der Waals surface area contributed by atoms with Crippen molar-refractivity contribution in [2.45, 2.75) is 25.8 Å². The molecule has 0 spiro atoms. The number of rotatable bonds is 5. The van der Waals surface area contributed by atoms with Crippen molar-refractivity contribution in [1.29, 1.82) is 0 Å². The van der Waals surface area contributed by atoms with E-state index in [0.717, 1.165) is 18.1 Å². The molecule has 1 aliphatic rings. The lowest BCUT2D eigenvalue weighted by molar-refractivity contribution is 0.330. The zero-order valence-electron chi connectivity index (χ0n) is 10.5. The van der Waals surface area contributed by atoms with Crippen molar-refractivity contribution >= 4 is 11.6 Å². The van der Waals surface area contributed by atoms with E-state index in [9.17, 15) is 0 Å². The van der Waals surface area contributed by atoms with Gasteiger partial charge in [-0.1, -0.05) is 23.7 Å². The second-order valence-electron chi connectivity index (χ2n) is 4.78. The van der Waals surface area contributed by atoms with Crippen LogP contribution in [0.4, 0.5) is 0 Å². The lowest BCUT2D eigenvalue weighted by Gasteiger charge is -2.18. The van der Waals surface area contributed by atoms with Crippen LogP contribution in [0.2, 0.25) is 5.02 Å². The molecule has 0 aromatic heterocycles. The Morgan fingerprint density at radius 2 is 2.12 bits per heavy atom. The predicted molar refractivity (Wildman–Crippen MR) is 73.5 cm³/mol. The van der Waals surface area contributed by atoms with Gasteiger partial charge < -0.3 is 10.2 Å². The highest BCUT2D eigenvalue weighted by atomic mass is 35.5. The number of hydrogen-bond donors (Lipinski definition) is 1. The van der Waals surface area contributed by atoms with Gasteiger partial charge in [0.2, 0.25) is 0 Å². The first-order chi connectivity index (χ1) is 8.25. The van der Waals surface area contributed by atoms with Gasteiger partial charge in [0.1, 0.15) is 0 Å². The number of likely N-dealkylation sites (tertiary alicyclic amines) is 1. The first-order valence-corrected chi connectivity index (χ1v) is 6.85. The van der Waals surface area contributed by atoms with E-state index in [1.807, 2.05) is 18.2 Å². The van der Waals surface area contributed by atoms with Crippen LogP contribution in [-0.2, 0) is 0 Å². The average Bonchev–Trinajstić information content (AvgIpc) is 2.82. The maximum Gasteiger partial charge on any atom is 0.0409 e. The summed E-state index contributed by atoms with van der Waals surface area (Å²) in [5.74, 6) is 0. The fourth-order valence-electron chi connectivity index (χ4n) is 2.34. The van der Waals surface area contributed by atoms with Gasteiger partial charge in [0.05, 0.1) is 0 Å². The number of nitrogens with zero attached hydrogens (tertiary/aromatic N) is 1. The van der Waals surface area contributed by atoms with E-state index < -0.39 is 0 Å². The molecule has 3 heteroatoms. The molecule has 1 saturated heterocycles. The van der Waals surface area contributed by atoms with Crippen molar-refractivity contribution in [2.24, 2.45) is 0 Å². The fraction of sp³-hybridized carbons (Fsp3) is 0.571. The molecule has 0 bridgehead atoms. The quantitative estimate of drug-likeness (QED) is 0.867. The maximum atomic E-state index is 5.99. The van der Waals surface area contributed by atoms with Crippen LogP contribution in [0.5, 0.6) is 0 Å². The summed E-state index contributed by atoms with van der Waals surface area (Å²) in [6.45, 7) is 6.94. The molecule has 0 unspecified atom stereocenters. The predicted octanol–water partition coefficient (Wildman–Crippen LogP) is 3.09. The average molecular weight is 253 g/mol. The summed E-state index contributed by atoms with van der Waals surface area (Å²) < 4.78 is 0. The van der Waals surface area contributed by atoms with E-state index in [2.05, 4.69) is 23.2 Å². The monoisotopic (exact) mass is 252 g/mol. The van der Waals surface area contributed by atoms with Gasteiger partial charge in [0, 0.05) is 24.2 Å². The SMILES string of the molecule is C[C@@H](NCCN1CCCC1)c1cccc(Cl)c1. The normalized spacial score (nSPS) is 18.5. The highest BCUT2D eigenvalue weighted by Crippen LogP contribution is 2.17. The Morgan fingerprint density at radius 1 is 1.35 bits per heavy atom. The number of benzene rings is 1. The van der Waals surface area contributed by atoms with E-state index in [-0.39, 0.29) is 0 Å². The molecular formula is C14H21ClN2. The van der Waals surface area contributed by atoms with E-state index >= 15 is 0 Å². The minimum absolute atomic E-state index is 0.372. The van der Waals surface area contributed by atoms with Crippen molar-refractivity contribution in [3.05, 3.63) is 34.9 Å². The van der Waals surface area contributed by atoms with Crippen LogP contribution in [-0.4, -0.2) is 31.1 Å². The molecule has 94 valence electrons. The molecule has 2 rings (SSSR count). The molecule has 1 aromatic carbocycles. The summed E-state index contributed by atoms with van der Waals surface area (Å²) in [5, 5.41) is 4.37. The van der Waals surface area contributed by atoms with E-state index in [0.29, 0.717) is 6.04 Å². The molecule has 0 amide bonds. The van der Waals surface area contributed by atoms with Gasteiger partial charge >= 0.3 is 0 Å². The van der Waals surface area contributed by atoms with E-state index in [4.69, 9.17) is 11.6 Å². The Hall–Kier alpha value is -0.570. The molecule has 0 radical (unpaired) electrons. The molecule has 1 N–H and O–H groups in total. The summed E-state index contributed by atoms with van der Waals surface area (Å²) in [6.07, 6.45) is 2.73. The molecule has 0 aliphatic carbocycles. The van der Waals surface area contributed by atoms with Gasteiger partial charge in [-0.2, -0.15) is 0 Å². The molecule has 0 saturated carbocycles. The van der Waals surface area contributed by atoms with Crippen molar-refractivity contribution in [1.82, 2.24) is 10.2 Å². The molecule has 1 fully saturated rings. The van der Waals surface area contributed by atoms with Crippen LogP contribution in [0.25, 0.3) is 0 Å². The topological polar surface area (TPSA) is 15.3 Å². The van der Waals surface area contributed by atoms with Crippen LogP contribution in [0.3, 0.4) is 0 Å². The summed E-state index contributed by atoms with van der Waals surface area (Å²) in [6, 6.07) is 8.46. The Bertz CT molecular complexity index is 348. The zero-order valence-corrected chi connectivity index (χ0v) is 11.2. The number of halogens is 1. The van der Waals surface area contributed by atoms with Gasteiger partial charge in [0.15, 0.2) is 0 Å². The van der Waals surface area contributed by atoms with Crippen LogP contribution in [0.1, 0.15) is 31.4 Å². The lowest BCUT2D eigenvalue weighted by Crippen LogP contribution is -2.31. The smallest absolute Gasteiger partial charge is 0.0409 e. The Labute approximate surface area is 109 Å². The standard InChI is InChI=1S/C14H21ClN2/c1-12(13-5-4-6-14(15)11-13)16-7-10-17-8-2-3-9-17/h4-6,11-12,16H,2-3,7-10H2,1H3/t12-/m1/s1. The van der Waals surface area contributed by atoms with Crippen molar-refractivity contribution in [3.63, 3.8) is 0 Å². The fourth-order valence-corrected chi connectivity index (χ4v) is 2.54. The van der Waals surface area contributed by atoms with Gasteiger partial charge in [-0.05, 0) is 50.6 Å². The third-order valence-corrected chi connectivity index (χ3v) is 3.66. The van der Waals surface area contributed by atoms with Crippen LogP contribution in [0.15, 0.2) is 24.3 Å². The maximum absolute atomic E-state index is 5.99. The Morgan fingerprint density at radius 3 is 2.82 bits per heavy atom. The minimum Gasteiger partial charge on any atom is -0.309 e. The summed E-state index contributed by atoms with van der Waals surface area (Å²) in [5.41, 5.74) is 1.26. The molecule has 1 heterocycles. The van der Waals surface area contributed by atoms with Crippen LogP contribution in [0, 0.1) is 0 Å². The van der Waals surface area contributed by atoms with Crippen molar-refractivity contribution in [3.8, 4) is 0 Å². The van der Waals surface area contributed by atoms with Gasteiger partial charge in [-0.15, -0.1) is 0 Å². The van der Waals surface area contributed by atoms with Gasteiger partial charge in [-0.3, -0.25) is 0 Å². The van der Waals surface area contributed by atoms with Gasteiger partial charge in [0.25, 0.3) is 0 Å². The van der Waals surface area contributed by atoms with E-state index in [1.54, 1.807) is 0 Å². The second-order valence-corrected chi connectivity index (χ2v) is 5.22. The molecule has 17 heavy (non-hydrogen) atoms. The van der Waals surface area contributed by atoms with Crippen molar-refractivity contribution < 1.29 is 0 Å². The zero-order chi connectivity index (χ0) is 12.1. The summed E-state index contributed by atoms with van der Waals surface area (Å²) >= 11 is 5.99. The van der Waals surface area contributed by atoms with Gasteiger partial charge in [-0.25, -0.2) is 0 Å². The lowest BCUT2D eigenvalue weighted by atomic mass is 10.1. The highest BCUT2D eigenvalue weighted by Gasteiger charge is 2.11. The molecule has 2 nitrogen and oxygen atoms in total. The number of nitrogens with one attached hydrogen (secondary N) is 1. The Kier molecular flexibility index (Phi) is 4.84. The van der Waals surface area contributed by atoms with E-state index in [1.165, 1.54) is 31.5 Å². The van der Waals surface area contributed by atoms with Crippen molar-refractivity contribution in [2.75, 3.05) is 26.2 Å². The first-order valence-electron chi connectivity index (χ1n) is 6.47. The molecule has 1 aliphatic heterocycles. The summed E-state index contributed by atoms with van der Waals surface area (Å²) in [7, 11) is 0. The molecule has 1 aromatic rings. The molecular weight excluding hydrogens is 232 g/mol. The molecule has 1 atom stereocenters. The summed E-state index contributed by atoms with van der Waals surface area (Å²) in [4.78, 5) is 2.53. The third kappa shape index (κ3) is 3.98. The third-order valence-electron chi connectivity index (χ3n) is 3.43. The second kappa shape index (κ2) is 6.39. The minimum atomic E-state index is 0.372.